The average molecular weight is 185 g/mol. The zero-order chi connectivity index (χ0) is 9.68. The predicted octanol–water partition coefficient (Wildman–Crippen LogP) is 2.25. The van der Waals surface area contributed by atoms with Crippen molar-refractivity contribution in [2.75, 3.05) is 6.54 Å². The van der Waals surface area contributed by atoms with Gasteiger partial charge in [-0.25, -0.2) is 8.78 Å². The fourth-order valence-corrected chi connectivity index (χ4v) is 1.19. The minimum Gasteiger partial charge on any atom is -0.330 e. The van der Waals surface area contributed by atoms with Crippen LogP contribution in [0.15, 0.2) is 18.2 Å². The van der Waals surface area contributed by atoms with Gasteiger partial charge >= 0.3 is 0 Å². The third-order valence-electron chi connectivity index (χ3n) is 1.91. The molecule has 1 nitrogen and oxygen atoms in total. The summed E-state index contributed by atoms with van der Waals surface area (Å²) >= 11 is 0. The second kappa shape index (κ2) is 4.92. The Bertz CT molecular complexity index is 274. The molecule has 0 fully saturated rings. The molecule has 0 saturated carbocycles. The maximum absolute atomic E-state index is 13.0. The van der Waals surface area contributed by atoms with Crippen molar-refractivity contribution in [3.63, 3.8) is 0 Å². The van der Waals surface area contributed by atoms with Crippen LogP contribution in [0, 0.1) is 11.6 Å². The maximum atomic E-state index is 13.0. The van der Waals surface area contributed by atoms with Gasteiger partial charge in [0.15, 0.2) is 0 Å². The number of hydrogen-bond donors (Lipinski definition) is 1. The summed E-state index contributed by atoms with van der Waals surface area (Å²) in [6.45, 7) is 0.594. The summed E-state index contributed by atoms with van der Waals surface area (Å²) in [5.74, 6) is -0.720. The monoisotopic (exact) mass is 185 g/mol. The predicted molar refractivity (Wildman–Crippen MR) is 48.4 cm³/mol. The van der Waals surface area contributed by atoms with Crippen LogP contribution < -0.4 is 5.73 Å². The quantitative estimate of drug-likeness (QED) is 0.715. The van der Waals surface area contributed by atoms with Crippen molar-refractivity contribution in [1.82, 2.24) is 0 Å². The third kappa shape index (κ3) is 3.11. The minimum absolute atomic E-state index is 0.335. The lowest BCUT2D eigenvalue weighted by molar-refractivity contribution is 0.578. The molecule has 0 aromatic heterocycles. The van der Waals surface area contributed by atoms with Crippen LogP contribution in [-0.4, -0.2) is 6.54 Å². The summed E-state index contributed by atoms with van der Waals surface area (Å²) in [5.41, 5.74) is 5.73. The molecule has 0 aliphatic heterocycles. The molecule has 0 aliphatic carbocycles. The molecule has 0 amide bonds. The Morgan fingerprint density at radius 2 is 1.92 bits per heavy atom. The highest BCUT2D eigenvalue weighted by molar-refractivity contribution is 5.18. The molecule has 13 heavy (non-hydrogen) atoms. The van der Waals surface area contributed by atoms with Crippen LogP contribution in [0.3, 0.4) is 0 Å². The second-order valence-electron chi connectivity index (χ2n) is 2.98. The van der Waals surface area contributed by atoms with Gasteiger partial charge < -0.3 is 5.73 Å². The van der Waals surface area contributed by atoms with E-state index in [-0.39, 0.29) is 11.6 Å². The molecular formula is C10H13F2N. The normalized spacial score (nSPS) is 10.4. The first-order valence-electron chi connectivity index (χ1n) is 4.38. The van der Waals surface area contributed by atoms with Crippen molar-refractivity contribution in [2.24, 2.45) is 5.73 Å². The van der Waals surface area contributed by atoms with Crippen molar-refractivity contribution in [2.45, 2.75) is 19.3 Å². The number of hydrogen-bond acceptors (Lipinski definition) is 1. The Labute approximate surface area is 76.6 Å². The standard InChI is InChI=1S/C10H13F2N/c11-9-4-5-10(12)8(7-9)3-1-2-6-13/h4-5,7H,1-3,6,13H2. The van der Waals surface area contributed by atoms with Crippen LogP contribution in [0.2, 0.25) is 0 Å². The smallest absolute Gasteiger partial charge is 0.126 e. The van der Waals surface area contributed by atoms with Crippen LogP contribution >= 0.6 is 0 Å². The molecule has 0 atom stereocenters. The number of nitrogens with two attached hydrogens (primary N) is 1. The second-order valence-corrected chi connectivity index (χ2v) is 2.98. The van der Waals surface area contributed by atoms with E-state index in [1.165, 1.54) is 6.07 Å². The first-order valence-corrected chi connectivity index (χ1v) is 4.38. The van der Waals surface area contributed by atoms with E-state index < -0.39 is 0 Å². The molecule has 1 aromatic rings. The fourth-order valence-electron chi connectivity index (χ4n) is 1.19. The van der Waals surface area contributed by atoms with E-state index in [1.54, 1.807) is 0 Å². The summed E-state index contributed by atoms with van der Waals surface area (Å²) in [6.07, 6.45) is 2.20. The summed E-state index contributed by atoms with van der Waals surface area (Å²) in [7, 11) is 0. The van der Waals surface area contributed by atoms with Gasteiger partial charge in [-0.2, -0.15) is 0 Å². The van der Waals surface area contributed by atoms with E-state index in [0.717, 1.165) is 25.0 Å². The molecule has 1 aromatic carbocycles. The van der Waals surface area contributed by atoms with Gasteiger partial charge in [-0.3, -0.25) is 0 Å². The van der Waals surface area contributed by atoms with Crippen molar-refractivity contribution in [3.05, 3.63) is 35.4 Å². The van der Waals surface area contributed by atoms with E-state index in [9.17, 15) is 8.78 Å². The Balaban J connectivity index is 2.59. The van der Waals surface area contributed by atoms with Gasteiger partial charge in [0, 0.05) is 0 Å². The molecular weight excluding hydrogens is 172 g/mol. The van der Waals surface area contributed by atoms with Crippen LogP contribution in [0.25, 0.3) is 0 Å². The van der Waals surface area contributed by atoms with E-state index in [0.29, 0.717) is 18.5 Å². The summed E-state index contributed by atoms with van der Waals surface area (Å²) in [4.78, 5) is 0. The number of aryl methyl sites for hydroxylation is 1. The van der Waals surface area contributed by atoms with Crippen molar-refractivity contribution in [3.8, 4) is 0 Å². The Morgan fingerprint density at radius 3 is 2.62 bits per heavy atom. The van der Waals surface area contributed by atoms with E-state index in [1.807, 2.05) is 0 Å². The number of unbranched alkanes of at least 4 members (excludes halogenated alkanes) is 1. The molecule has 1 rings (SSSR count). The summed E-state index contributed by atoms with van der Waals surface area (Å²) in [6, 6.07) is 3.53. The zero-order valence-corrected chi connectivity index (χ0v) is 7.39. The molecule has 0 aliphatic rings. The van der Waals surface area contributed by atoms with Crippen LogP contribution in [0.4, 0.5) is 8.78 Å². The fraction of sp³-hybridized carbons (Fsp3) is 0.400. The maximum Gasteiger partial charge on any atom is 0.126 e. The van der Waals surface area contributed by atoms with Crippen molar-refractivity contribution >= 4 is 0 Å². The minimum atomic E-state index is -0.385. The topological polar surface area (TPSA) is 26.0 Å². The van der Waals surface area contributed by atoms with Gasteiger partial charge in [0.1, 0.15) is 11.6 Å². The molecule has 0 saturated heterocycles. The lowest BCUT2D eigenvalue weighted by atomic mass is 10.1. The lowest BCUT2D eigenvalue weighted by Crippen LogP contribution is -2.00. The van der Waals surface area contributed by atoms with Crippen molar-refractivity contribution < 1.29 is 8.78 Å². The van der Waals surface area contributed by atoms with E-state index in [4.69, 9.17) is 5.73 Å². The Morgan fingerprint density at radius 1 is 1.15 bits per heavy atom. The molecule has 0 heterocycles. The molecule has 3 heteroatoms. The van der Waals surface area contributed by atoms with Gasteiger partial charge in [-0.05, 0) is 49.6 Å². The van der Waals surface area contributed by atoms with Gasteiger partial charge in [0.2, 0.25) is 0 Å². The van der Waals surface area contributed by atoms with Gasteiger partial charge in [0.25, 0.3) is 0 Å². The van der Waals surface area contributed by atoms with Crippen LogP contribution in [0.5, 0.6) is 0 Å². The molecule has 0 unspecified atom stereocenters. The largest absolute Gasteiger partial charge is 0.330 e. The van der Waals surface area contributed by atoms with E-state index in [2.05, 4.69) is 0 Å². The molecule has 2 N–H and O–H groups in total. The van der Waals surface area contributed by atoms with Gasteiger partial charge in [-0.15, -0.1) is 0 Å². The first kappa shape index (κ1) is 10.1. The molecule has 0 radical (unpaired) electrons. The summed E-state index contributed by atoms with van der Waals surface area (Å²) < 4.78 is 25.7. The van der Waals surface area contributed by atoms with Gasteiger partial charge in [0.05, 0.1) is 0 Å². The third-order valence-corrected chi connectivity index (χ3v) is 1.91. The van der Waals surface area contributed by atoms with Crippen molar-refractivity contribution in [1.29, 1.82) is 0 Å². The number of halogens is 2. The number of benzene rings is 1. The highest BCUT2D eigenvalue weighted by Crippen LogP contribution is 2.12. The highest BCUT2D eigenvalue weighted by Gasteiger charge is 2.02. The molecule has 0 spiro atoms. The highest BCUT2D eigenvalue weighted by atomic mass is 19.1. The lowest BCUT2D eigenvalue weighted by Gasteiger charge is -2.02. The Hall–Kier alpha value is -0.960. The molecule has 0 bridgehead atoms. The number of rotatable bonds is 4. The van der Waals surface area contributed by atoms with Crippen LogP contribution in [-0.2, 0) is 6.42 Å². The average Bonchev–Trinajstić information content (AvgIpc) is 2.11. The zero-order valence-electron chi connectivity index (χ0n) is 7.39. The Kier molecular flexibility index (Phi) is 3.83. The van der Waals surface area contributed by atoms with Crippen LogP contribution in [0.1, 0.15) is 18.4 Å². The summed E-state index contributed by atoms with van der Waals surface area (Å²) in [5, 5.41) is 0. The molecule has 72 valence electrons. The SMILES string of the molecule is NCCCCc1cc(F)ccc1F. The van der Waals surface area contributed by atoms with E-state index >= 15 is 0 Å². The first-order chi connectivity index (χ1) is 6.24. The van der Waals surface area contributed by atoms with Gasteiger partial charge in [-0.1, -0.05) is 0 Å².